The van der Waals surface area contributed by atoms with E-state index in [9.17, 15) is 18.0 Å². The molecule has 2 heterocycles. The quantitative estimate of drug-likeness (QED) is 0.535. The molecule has 32 heavy (non-hydrogen) atoms. The third kappa shape index (κ3) is 7.71. The number of nitrogens with one attached hydrogen (secondary N) is 2. The summed E-state index contributed by atoms with van der Waals surface area (Å²) in [4.78, 5) is 18.9. The van der Waals surface area contributed by atoms with Crippen LogP contribution < -0.4 is 15.4 Å². The van der Waals surface area contributed by atoms with E-state index < -0.39 is 12.2 Å². The van der Waals surface area contributed by atoms with Crippen molar-refractivity contribution in [3.05, 3.63) is 59.7 Å². The smallest absolute Gasteiger partial charge is 0.318 e. The van der Waals surface area contributed by atoms with E-state index in [1.54, 1.807) is 23.1 Å². The Balaban J connectivity index is 1.54. The summed E-state index contributed by atoms with van der Waals surface area (Å²) < 4.78 is 43.0. The molecule has 2 amide bonds. The Morgan fingerprint density at radius 2 is 1.94 bits per heavy atom. The predicted octanol–water partition coefficient (Wildman–Crippen LogP) is 4.11. The summed E-state index contributed by atoms with van der Waals surface area (Å²) in [5.41, 5.74) is 1.52. The van der Waals surface area contributed by atoms with Crippen molar-refractivity contribution in [2.45, 2.75) is 51.2 Å². The molecule has 2 aromatic rings. The second-order valence-corrected chi connectivity index (χ2v) is 7.76. The number of carbonyl (C=O) groups excluding carboxylic acids is 1. The van der Waals surface area contributed by atoms with Crippen LogP contribution in [0.4, 0.5) is 18.0 Å². The van der Waals surface area contributed by atoms with Crippen molar-refractivity contribution >= 4 is 6.03 Å². The summed E-state index contributed by atoms with van der Waals surface area (Å²) in [6.45, 7) is 2.56. The first-order valence-corrected chi connectivity index (χ1v) is 10.9. The van der Waals surface area contributed by atoms with Crippen molar-refractivity contribution in [1.29, 1.82) is 0 Å². The molecule has 2 N–H and O–H groups in total. The largest absolute Gasteiger partial charge is 0.494 e. The van der Waals surface area contributed by atoms with Crippen molar-refractivity contribution in [1.82, 2.24) is 20.5 Å². The van der Waals surface area contributed by atoms with E-state index >= 15 is 0 Å². The van der Waals surface area contributed by atoms with Crippen LogP contribution in [0.2, 0.25) is 0 Å². The first-order valence-electron chi connectivity index (χ1n) is 10.9. The average Bonchev–Trinajstić information content (AvgIpc) is 2.81. The van der Waals surface area contributed by atoms with Crippen LogP contribution in [-0.2, 0) is 13.1 Å². The Hall–Kier alpha value is -2.81. The molecule has 6 nitrogen and oxygen atoms in total. The highest BCUT2D eigenvalue weighted by Crippen LogP contribution is 2.17. The second kappa shape index (κ2) is 12.3. The van der Waals surface area contributed by atoms with Crippen LogP contribution in [0.1, 0.15) is 36.9 Å². The molecule has 1 aromatic carbocycles. The number of hydrogen-bond donors (Lipinski definition) is 2. The monoisotopic (exact) mass is 450 g/mol. The van der Waals surface area contributed by atoms with Crippen LogP contribution in [0, 0.1) is 5.82 Å². The van der Waals surface area contributed by atoms with Gasteiger partial charge in [0.2, 0.25) is 6.43 Å². The zero-order valence-electron chi connectivity index (χ0n) is 17.9. The molecule has 174 valence electrons. The normalized spacial score (nSPS) is 14.4. The van der Waals surface area contributed by atoms with Gasteiger partial charge in [0.1, 0.15) is 11.6 Å². The van der Waals surface area contributed by atoms with Gasteiger partial charge in [-0.2, -0.15) is 0 Å². The molecule has 0 bridgehead atoms. The number of carbonyl (C=O) groups is 1. The van der Waals surface area contributed by atoms with Crippen LogP contribution in [0.15, 0.2) is 42.6 Å². The predicted molar refractivity (Wildman–Crippen MR) is 115 cm³/mol. The van der Waals surface area contributed by atoms with Gasteiger partial charge in [0.05, 0.1) is 25.0 Å². The molecular weight excluding hydrogens is 421 g/mol. The molecule has 0 unspecified atom stereocenters. The van der Waals surface area contributed by atoms with Crippen molar-refractivity contribution in [2.24, 2.45) is 0 Å². The van der Waals surface area contributed by atoms with Gasteiger partial charge in [0, 0.05) is 19.0 Å². The third-order valence-electron chi connectivity index (χ3n) is 5.33. The van der Waals surface area contributed by atoms with Crippen molar-refractivity contribution in [3.63, 3.8) is 0 Å². The summed E-state index contributed by atoms with van der Waals surface area (Å²) in [5.74, 6) is 0.195. The van der Waals surface area contributed by atoms with E-state index in [-0.39, 0.29) is 25.1 Å². The van der Waals surface area contributed by atoms with Gasteiger partial charge in [0.15, 0.2) is 0 Å². The number of ether oxygens (including phenoxy) is 1. The Morgan fingerprint density at radius 3 is 2.59 bits per heavy atom. The fraction of sp³-hybridized carbons (Fsp3) is 0.478. The van der Waals surface area contributed by atoms with Gasteiger partial charge in [-0.3, -0.25) is 4.98 Å². The molecular formula is C23H29F3N4O2. The third-order valence-corrected chi connectivity index (χ3v) is 5.33. The topological polar surface area (TPSA) is 66.5 Å². The van der Waals surface area contributed by atoms with E-state index in [1.165, 1.54) is 6.07 Å². The Bertz CT molecular complexity index is 828. The van der Waals surface area contributed by atoms with Crippen molar-refractivity contribution in [2.75, 3.05) is 19.7 Å². The summed E-state index contributed by atoms with van der Waals surface area (Å²) in [6.07, 6.45) is 0.646. The van der Waals surface area contributed by atoms with Gasteiger partial charge >= 0.3 is 6.03 Å². The molecule has 1 aliphatic rings. The zero-order valence-corrected chi connectivity index (χ0v) is 17.9. The van der Waals surface area contributed by atoms with Crippen LogP contribution in [0.5, 0.6) is 5.75 Å². The maximum Gasteiger partial charge on any atom is 0.318 e. The fourth-order valence-electron chi connectivity index (χ4n) is 3.57. The maximum absolute atomic E-state index is 13.2. The number of halogens is 3. The van der Waals surface area contributed by atoms with E-state index in [0.717, 1.165) is 37.7 Å². The lowest BCUT2D eigenvalue weighted by Crippen LogP contribution is -2.49. The highest BCUT2D eigenvalue weighted by molar-refractivity contribution is 5.74. The number of piperidine rings is 1. The number of nitrogens with zero attached hydrogens (tertiary/aromatic N) is 2. The van der Waals surface area contributed by atoms with Gasteiger partial charge in [-0.1, -0.05) is 12.1 Å². The minimum absolute atomic E-state index is 0.0760. The van der Waals surface area contributed by atoms with Crippen LogP contribution in [0.3, 0.4) is 0 Å². The number of rotatable bonds is 10. The number of hydrogen-bond acceptors (Lipinski definition) is 4. The minimum atomic E-state index is -2.31. The first kappa shape index (κ1) is 23.8. The van der Waals surface area contributed by atoms with Gasteiger partial charge in [-0.15, -0.1) is 0 Å². The Morgan fingerprint density at radius 1 is 1.19 bits per heavy atom. The summed E-state index contributed by atoms with van der Waals surface area (Å²) >= 11 is 0. The van der Waals surface area contributed by atoms with E-state index in [4.69, 9.17) is 4.74 Å². The number of benzene rings is 1. The van der Waals surface area contributed by atoms with Gasteiger partial charge in [-0.05, 0) is 62.2 Å². The summed E-state index contributed by atoms with van der Waals surface area (Å²) in [7, 11) is 0. The Labute approximate surface area is 186 Å². The summed E-state index contributed by atoms with van der Waals surface area (Å²) in [6, 6.07) is 10.0. The number of amides is 2. The molecule has 3 rings (SSSR count). The van der Waals surface area contributed by atoms with Crippen LogP contribution in [-0.4, -0.2) is 48.1 Å². The van der Waals surface area contributed by atoms with Crippen molar-refractivity contribution in [3.8, 4) is 5.75 Å². The standard InChI is InChI=1S/C23H29F3N4O2/c24-18-5-6-19(28-15-18)16-30(20-9-11-27-12-10-20)23(31)29-14-17-3-7-21(8-4-17)32-13-1-2-22(25)26/h3-8,15,20,22,27H,1-2,9-14,16H2,(H,29,31). The average molecular weight is 451 g/mol. The molecule has 1 fully saturated rings. The molecule has 0 aliphatic carbocycles. The molecule has 1 aromatic heterocycles. The van der Waals surface area contributed by atoms with Crippen molar-refractivity contribution < 1.29 is 22.7 Å². The van der Waals surface area contributed by atoms with E-state index in [0.29, 0.717) is 31.0 Å². The molecule has 1 saturated heterocycles. The summed E-state index contributed by atoms with van der Waals surface area (Å²) in [5, 5.41) is 6.25. The number of urea groups is 1. The number of aromatic nitrogens is 1. The van der Waals surface area contributed by atoms with Gasteiger partial charge < -0.3 is 20.3 Å². The van der Waals surface area contributed by atoms with Gasteiger partial charge in [0.25, 0.3) is 0 Å². The molecule has 0 radical (unpaired) electrons. The lowest BCUT2D eigenvalue weighted by molar-refractivity contribution is 0.127. The zero-order chi connectivity index (χ0) is 22.8. The molecule has 1 aliphatic heterocycles. The highest BCUT2D eigenvalue weighted by atomic mass is 19.3. The molecule has 0 saturated carbocycles. The Kier molecular flexibility index (Phi) is 9.15. The van der Waals surface area contributed by atoms with Crippen LogP contribution in [0.25, 0.3) is 0 Å². The lowest BCUT2D eigenvalue weighted by atomic mass is 10.0. The highest BCUT2D eigenvalue weighted by Gasteiger charge is 2.25. The molecule has 0 atom stereocenters. The SMILES string of the molecule is O=C(NCc1ccc(OCCCC(F)F)cc1)N(Cc1ccc(F)cn1)C1CCNCC1. The second-order valence-electron chi connectivity index (χ2n) is 7.76. The molecule has 0 spiro atoms. The van der Waals surface area contributed by atoms with Crippen LogP contribution >= 0.6 is 0 Å². The maximum atomic E-state index is 13.2. The number of alkyl halides is 2. The number of pyridine rings is 1. The first-order chi connectivity index (χ1) is 15.5. The minimum Gasteiger partial charge on any atom is -0.494 e. The van der Waals surface area contributed by atoms with E-state index in [1.807, 2.05) is 12.1 Å². The lowest BCUT2D eigenvalue weighted by Gasteiger charge is -2.34. The van der Waals surface area contributed by atoms with E-state index in [2.05, 4.69) is 15.6 Å². The van der Waals surface area contributed by atoms with Gasteiger partial charge in [-0.25, -0.2) is 18.0 Å². The fourth-order valence-corrected chi connectivity index (χ4v) is 3.57. The molecule has 9 heteroatoms.